The van der Waals surface area contributed by atoms with Crippen LogP contribution in [-0.2, 0) is 17.8 Å². The SMILES string of the molecule is C=CCn1c(C)c(CC(=O)Nc2ccc3ccccc3c2)c(=O)n2nc(-c3ccc(C)cc3)nc12. The molecular formula is C28H25N5O2. The molecule has 0 radical (unpaired) electrons. The van der Waals surface area contributed by atoms with Crippen LogP contribution in [0.4, 0.5) is 5.69 Å². The Morgan fingerprint density at radius 2 is 1.77 bits per heavy atom. The smallest absolute Gasteiger partial charge is 0.279 e. The highest BCUT2D eigenvalue weighted by atomic mass is 16.2. The fourth-order valence-electron chi connectivity index (χ4n) is 4.22. The largest absolute Gasteiger partial charge is 0.326 e. The van der Waals surface area contributed by atoms with Crippen LogP contribution in [0.5, 0.6) is 0 Å². The lowest BCUT2D eigenvalue weighted by Gasteiger charge is -2.14. The van der Waals surface area contributed by atoms with Crippen LogP contribution < -0.4 is 10.9 Å². The Morgan fingerprint density at radius 3 is 2.51 bits per heavy atom. The van der Waals surface area contributed by atoms with Gasteiger partial charge in [0.25, 0.3) is 5.56 Å². The number of amides is 1. The number of hydrogen-bond donors (Lipinski definition) is 1. The van der Waals surface area contributed by atoms with Crippen LogP contribution in [0.15, 0.2) is 84.2 Å². The number of anilines is 1. The van der Waals surface area contributed by atoms with Crippen molar-refractivity contribution in [2.24, 2.45) is 0 Å². The molecule has 5 rings (SSSR count). The number of aromatic nitrogens is 4. The topological polar surface area (TPSA) is 81.3 Å². The minimum Gasteiger partial charge on any atom is -0.326 e. The van der Waals surface area contributed by atoms with Crippen LogP contribution in [0.25, 0.3) is 27.9 Å². The third-order valence-electron chi connectivity index (χ3n) is 6.12. The number of benzene rings is 3. The third-order valence-corrected chi connectivity index (χ3v) is 6.12. The van der Waals surface area contributed by atoms with Crippen molar-refractivity contribution in [1.82, 2.24) is 19.2 Å². The lowest BCUT2D eigenvalue weighted by molar-refractivity contribution is -0.115. The van der Waals surface area contributed by atoms with E-state index in [-0.39, 0.29) is 17.9 Å². The van der Waals surface area contributed by atoms with Gasteiger partial charge in [-0.3, -0.25) is 9.59 Å². The van der Waals surface area contributed by atoms with E-state index < -0.39 is 0 Å². The highest BCUT2D eigenvalue weighted by Crippen LogP contribution is 2.20. The fourth-order valence-corrected chi connectivity index (χ4v) is 4.22. The Labute approximate surface area is 202 Å². The van der Waals surface area contributed by atoms with E-state index in [0.717, 1.165) is 21.9 Å². The quantitative estimate of drug-likeness (QED) is 0.370. The van der Waals surface area contributed by atoms with Crippen LogP contribution in [0, 0.1) is 13.8 Å². The number of carbonyl (C=O) groups is 1. The molecule has 35 heavy (non-hydrogen) atoms. The maximum atomic E-state index is 13.4. The van der Waals surface area contributed by atoms with E-state index in [0.29, 0.717) is 35.1 Å². The highest BCUT2D eigenvalue weighted by Gasteiger charge is 2.20. The maximum absolute atomic E-state index is 13.4. The molecule has 1 amide bonds. The first-order chi connectivity index (χ1) is 16.9. The van der Waals surface area contributed by atoms with Gasteiger partial charge < -0.3 is 9.88 Å². The number of fused-ring (bicyclic) bond motifs is 2. The predicted octanol–water partition coefficient (Wildman–Crippen LogP) is 4.70. The summed E-state index contributed by atoms with van der Waals surface area (Å²) in [6, 6.07) is 21.5. The Morgan fingerprint density at radius 1 is 1.03 bits per heavy atom. The van der Waals surface area contributed by atoms with Gasteiger partial charge in [0.15, 0.2) is 5.82 Å². The molecule has 2 heterocycles. The summed E-state index contributed by atoms with van der Waals surface area (Å²) >= 11 is 0. The van der Waals surface area contributed by atoms with E-state index in [1.165, 1.54) is 4.52 Å². The Balaban J connectivity index is 1.52. The zero-order chi connectivity index (χ0) is 24.5. The van der Waals surface area contributed by atoms with Gasteiger partial charge in [0.2, 0.25) is 11.7 Å². The summed E-state index contributed by atoms with van der Waals surface area (Å²) in [6.07, 6.45) is 1.65. The van der Waals surface area contributed by atoms with E-state index in [1.807, 2.05) is 85.1 Å². The van der Waals surface area contributed by atoms with Crippen molar-refractivity contribution in [3.8, 4) is 11.4 Å². The number of carbonyl (C=O) groups excluding carboxylic acids is 1. The van der Waals surface area contributed by atoms with Crippen molar-refractivity contribution in [2.75, 3.05) is 5.32 Å². The molecule has 0 aliphatic heterocycles. The van der Waals surface area contributed by atoms with Crippen molar-refractivity contribution >= 4 is 28.1 Å². The second-order valence-corrected chi connectivity index (χ2v) is 8.57. The van der Waals surface area contributed by atoms with Gasteiger partial charge in [-0.2, -0.15) is 9.50 Å². The molecular weight excluding hydrogens is 438 g/mol. The molecule has 0 saturated carbocycles. The molecule has 0 aliphatic rings. The second-order valence-electron chi connectivity index (χ2n) is 8.57. The van der Waals surface area contributed by atoms with Crippen LogP contribution in [0.2, 0.25) is 0 Å². The fraction of sp³-hybridized carbons (Fsp3) is 0.143. The van der Waals surface area contributed by atoms with Gasteiger partial charge in [-0.1, -0.05) is 66.2 Å². The average molecular weight is 464 g/mol. The molecule has 0 saturated heterocycles. The zero-order valence-electron chi connectivity index (χ0n) is 19.7. The van der Waals surface area contributed by atoms with E-state index in [4.69, 9.17) is 0 Å². The van der Waals surface area contributed by atoms with E-state index in [2.05, 4.69) is 22.0 Å². The Bertz CT molecular complexity index is 1640. The third kappa shape index (κ3) is 4.24. The van der Waals surface area contributed by atoms with Crippen LogP contribution in [-0.4, -0.2) is 25.1 Å². The summed E-state index contributed by atoms with van der Waals surface area (Å²) in [5, 5.41) is 9.53. The number of aryl methyl sites for hydroxylation is 1. The Kier molecular flexibility index (Phi) is 5.74. The van der Waals surface area contributed by atoms with Gasteiger partial charge in [-0.15, -0.1) is 11.7 Å². The van der Waals surface area contributed by atoms with Crippen molar-refractivity contribution in [1.29, 1.82) is 0 Å². The summed E-state index contributed by atoms with van der Waals surface area (Å²) in [7, 11) is 0. The molecule has 0 fully saturated rings. The minimum absolute atomic E-state index is 0.0791. The van der Waals surface area contributed by atoms with E-state index in [9.17, 15) is 9.59 Å². The van der Waals surface area contributed by atoms with Crippen LogP contribution in [0.3, 0.4) is 0 Å². The predicted molar refractivity (Wildman–Crippen MR) is 139 cm³/mol. The highest BCUT2D eigenvalue weighted by molar-refractivity contribution is 5.95. The van der Waals surface area contributed by atoms with Gasteiger partial charge in [0, 0.05) is 29.1 Å². The molecule has 7 nitrogen and oxygen atoms in total. The van der Waals surface area contributed by atoms with E-state index >= 15 is 0 Å². The standard InChI is InChI=1S/C28H25N5O2/c1-4-15-32-19(3)24(17-25(34)29-23-14-13-20-7-5-6-8-22(20)16-23)27(35)33-28(32)30-26(31-33)21-11-9-18(2)10-12-21/h4-14,16H,1,15,17H2,2-3H3,(H,29,34). The van der Waals surface area contributed by atoms with Crippen LogP contribution >= 0.6 is 0 Å². The summed E-state index contributed by atoms with van der Waals surface area (Å²) in [6.45, 7) is 8.10. The summed E-state index contributed by atoms with van der Waals surface area (Å²) in [5.74, 6) is 0.600. The first-order valence-corrected chi connectivity index (χ1v) is 11.4. The average Bonchev–Trinajstić information content (AvgIpc) is 3.30. The number of rotatable bonds is 6. The van der Waals surface area contributed by atoms with Gasteiger partial charge in [0.05, 0.1) is 6.42 Å². The number of nitrogens with one attached hydrogen (secondary N) is 1. The monoisotopic (exact) mass is 463 g/mol. The van der Waals surface area contributed by atoms with Gasteiger partial charge in [-0.25, -0.2) is 0 Å². The summed E-state index contributed by atoms with van der Waals surface area (Å²) in [4.78, 5) is 31.0. The molecule has 3 aromatic carbocycles. The second kappa shape index (κ2) is 9.02. The van der Waals surface area contributed by atoms with Crippen LogP contribution in [0.1, 0.15) is 16.8 Å². The van der Waals surface area contributed by atoms with Gasteiger partial charge >= 0.3 is 0 Å². The molecule has 5 aromatic rings. The van der Waals surface area contributed by atoms with Crippen molar-refractivity contribution in [3.63, 3.8) is 0 Å². The summed E-state index contributed by atoms with van der Waals surface area (Å²) in [5.41, 5.74) is 3.31. The zero-order valence-corrected chi connectivity index (χ0v) is 19.7. The van der Waals surface area contributed by atoms with Gasteiger partial charge in [0.1, 0.15) is 0 Å². The number of allylic oxidation sites excluding steroid dienone is 1. The lowest BCUT2D eigenvalue weighted by atomic mass is 10.1. The first-order valence-electron chi connectivity index (χ1n) is 11.4. The molecule has 0 unspecified atom stereocenters. The van der Waals surface area contributed by atoms with Gasteiger partial charge in [-0.05, 0) is 36.8 Å². The molecule has 0 spiro atoms. The molecule has 2 aromatic heterocycles. The molecule has 1 N–H and O–H groups in total. The molecule has 7 heteroatoms. The van der Waals surface area contributed by atoms with Crippen molar-refractivity contribution in [3.05, 3.63) is 107 Å². The van der Waals surface area contributed by atoms with Crippen molar-refractivity contribution in [2.45, 2.75) is 26.8 Å². The first kappa shape index (κ1) is 22.3. The normalized spacial score (nSPS) is 11.1. The summed E-state index contributed by atoms with van der Waals surface area (Å²) < 4.78 is 3.14. The maximum Gasteiger partial charge on any atom is 0.279 e. The number of nitrogens with zero attached hydrogens (tertiary/aromatic N) is 4. The minimum atomic E-state index is -0.350. The van der Waals surface area contributed by atoms with Crippen molar-refractivity contribution < 1.29 is 4.79 Å². The molecule has 0 aliphatic carbocycles. The molecule has 174 valence electrons. The lowest BCUT2D eigenvalue weighted by Crippen LogP contribution is -2.29. The Hall–Kier alpha value is -4.52. The molecule has 0 atom stereocenters. The number of hydrogen-bond acceptors (Lipinski definition) is 4. The molecule has 0 bridgehead atoms. The van der Waals surface area contributed by atoms with E-state index in [1.54, 1.807) is 6.08 Å².